The van der Waals surface area contributed by atoms with Crippen LogP contribution in [0.15, 0.2) is 48.5 Å². The summed E-state index contributed by atoms with van der Waals surface area (Å²) in [5.74, 6) is -0.913. The lowest BCUT2D eigenvalue weighted by Gasteiger charge is -2.35. The first kappa shape index (κ1) is 23.9. The van der Waals surface area contributed by atoms with E-state index in [0.29, 0.717) is 17.5 Å². The van der Waals surface area contributed by atoms with Crippen LogP contribution in [0.5, 0.6) is 0 Å². The van der Waals surface area contributed by atoms with E-state index in [9.17, 15) is 22.4 Å². The van der Waals surface area contributed by atoms with E-state index in [1.165, 1.54) is 12.1 Å². The van der Waals surface area contributed by atoms with Crippen LogP contribution in [0.25, 0.3) is 0 Å². The fourth-order valence-electron chi connectivity index (χ4n) is 3.73. The average Bonchev–Trinajstić information content (AvgIpc) is 3.11. The van der Waals surface area contributed by atoms with Crippen molar-refractivity contribution in [3.05, 3.63) is 71.0 Å². The number of alkyl carbamates (subject to hydrolysis) is 1. The smallest absolute Gasteiger partial charge is 0.408 e. The Morgan fingerprint density at radius 2 is 1.81 bits per heavy atom. The van der Waals surface area contributed by atoms with Gasteiger partial charge in [-0.1, -0.05) is 42.0 Å². The molecule has 172 valence electrons. The summed E-state index contributed by atoms with van der Waals surface area (Å²) in [5.41, 5.74) is 2.03. The van der Waals surface area contributed by atoms with Gasteiger partial charge in [-0.3, -0.25) is 15.0 Å². The van der Waals surface area contributed by atoms with Crippen LogP contribution >= 0.6 is 0 Å². The molecular weight excluding hydrogens is 435 g/mol. The monoisotopic (exact) mass is 462 g/mol. The molecule has 3 rings (SSSR count). The summed E-state index contributed by atoms with van der Waals surface area (Å²) in [6, 6.07) is 12.2. The lowest BCUT2D eigenvalue weighted by molar-refractivity contribution is 0.0619. The van der Waals surface area contributed by atoms with E-state index >= 15 is 0 Å². The summed E-state index contributed by atoms with van der Waals surface area (Å²) in [6.45, 7) is 3.81. The number of ether oxygens (including phenoxy) is 1. The first-order valence-corrected chi connectivity index (χ1v) is 12.3. The van der Waals surface area contributed by atoms with Crippen LogP contribution < -0.4 is 5.32 Å². The van der Waals surface area contributed by atoms with Crippen LogP contribution in [0.4, 0.5) is 9.18 Å². The molecule has 0 saturated carbocycles. The molecule has 0 radical (unpaired) electrons. The van der Waals surface area contributed by atoms with E-state index < -0.39 is 34.0 Å². The maximum atomic E-state index is 13.5. The van der Waals surface area contributed by atoms with E-state index in [-0.39, 0.29) is 30.4 Å². The van der Waals surface area contributed by atoms with Gasteiger partial charge in [-0.05, 0) is 38.0 Å². The molecule has 2 aromatic rings. The Hall–Kier alpha value is -2.78. The van der Waals surface area contributed by atoms with Crippen LogP contribution in [0, 0.1) is 12.7 Å². The first-order valence-electron chi connectivity index (χ1n) is 10.4. The van der Waals surface area contributed by atoms with Gasteiger partial charge < -0.3 is 4.74 Å². The first-order chi connectivity index (χ1) is 15.2. The number of nitrogens with zero attached hydrogens (tertiary/aromatic N) is 1. The number of aryl methyl sites for hydroxylation is 1. The summed E-state index contributed by atoms with van der Waals surface area (Å²) in [7, 11) is -3.26. The van der Waals surface area contributed by atoms with E-state index in [4.69, 9.17) is 4.74 Å². The highest BCUT2D eigenvalue weighted by molar-refractivity contribution is 7.91. The Morgan fingerprint density at radius 1 is 1.16 bits per heavy atom. The molecule has 7 nitrogen and oxygen atoms in total. The Morgan fingerprint density at radius 3 is 2.38 bits per heavy atom. The minimum atomic E-state index is -3.26. The molecule has 0 aromatic heterocycles. The molecule has 1 N–H and O–H groups in total. The second kappa shape index (κ2) is 10.2. The molecule has 0 bridgehead atoms. The maximum Gasteiger partial charge on any atom is 0.408 e. The van der Waals surface area contributed by atoms with Crippen LogP contribution in [-0.4, -0.2) is 55.5 Å². The summed E-state index contributed by atoms with van der Waals surface area (Å²) in [6.07, 6.45) is -1.60. The number of amides is 1. The van der Waals surface area contributed by atoms with Crippen LogP contribution in [0.1, 0.15) is 34.8 Å². The number of hydrogen-bond donors (Lipinski definition) is 1. The Labute approximate surface area is 187 Å². The van der Waals surface area contributed by atoms with Crippen molar-refractivity contribution in [3.8, 4) is 0 Å². The zero-order chi connectivity index (χ0) is 23.3. The number of rotatable bonds is 8. The van der Waals surface area contributed by atoms with Crippen molar-refractivity contribution in [3.63, 3.8) is 0 Å². The lowest BCUT2D eigenvalue weighted by Crippen LogP contribution is -2.56. The van der Waals surface area contributed by atoms with Crippen molar-refractivity contribution in [2.75, 3.05) is 18.1 Å². The normalized spacial score (nSPS) is 18.3. The fraction of sp³-hybridized carbons (Fsp3) is 0.391. The van der Waals surface area contributed by atoms with Crippen molar-refractivity contribution in [2.24, 2.45) is 0 Å². The number of benzene rings is 2. The van der Waals surface area contributed by atoms with Gasteiger partial charge in [0.25, 0.3) is 0 Å². The third-order valence-corrected chi connectivity index (χ3v) is 7.15. The number of ketones is 1. The van der Waals surface area contributed by atoms with Gasteiger partial charge >= 0.3 is 6.09 Å². The molecule has 9 heteroatoms. The van der Waals surface area contributed by atoms with Gasteiger partial charge in [-0.25, -0.2) is 17.6 Å². The number of carbonyl (C=O) groups excluding carboxylic acids is 2. The average molecular weight is 463 g/mol. The van der Waals surface area contributed by atoms with Gasteiger partial charge in [0, 0.05) is 18.2 Å². The molecule has 1 fully saturated rings. The zero-order valence-corrected chi connectivity index (χ0v) is 18.9. The number of sulfone groups is 1. The van der Waals surface area contributed by atoms with Gasteiger partial charge in [-0.15, -0.1) is 0 Å². The largest absolute Gasteiger partial charge is 0.450 e. The van der Waals surface area contributed by atoms with Crippen molar-refractivity contribution in [1.29, 1.82) is 0 Å². The molecule has 0 unspecified atom stereocenters. The second-order valence-corrected chi connectivity index (χ2v) is 10.1. The topological polar surface area (TPSA) is 92.8 Å². The molecule has 1 aliphatic heterocycles. The zero-order valence-electron chi connectivity index (χ0n) is 18.1. The lowest BCUT2D eigenvalue weighted by atomic mass is 10.0. The molecule has 1 aliphatic rings. The Bertz CT molecular complexity index is 1050. The fourth-order valence-corrected chi connectivity index (χ4v) is 5.47. The summed E-state index contributed by atoms with van der Waals surface area (Å²) < 4.78 is 42.8. The van der Waals surface area contributed by atoms with Crippen molar-refractivity contribution in [2.45, 2.75) is 39.0 Å². The molecule has 32 heavy (non-hydrogen) atoms. The minimum absolute atomic E-state index is 0.00241. The van der Waals surface area contributed by atoms with Gasteiger partial charge in [-0.2, -0.15) is 0 Å². The summed E-state index contributed by atoms with van der Waals surface area (Å²) >= 11 is 0. The number of nitrogens with one attached hydrogen (secondary N) is 1. The molecular formula is C23H27FN2O5S. The number of hydrogen-bond acceptors (Lipinski definition) is 6. The highest BCUT2D eigenvalue weighted by Crippen LogP contribution is 2.24. The Kier molecular flexibility index (Phi) is 7.63. The molecule has 1 heterocycles. The molecule has 0 spiro atoms. The van der Waals surface area contributed by atoms with Crippen molar-refractivity contribution >= 4 is 21.7 Å². The van der Waals surface area contributed by atoms with Crippen molar-refractivity contribution < 1.29 is 27.1 Å². The van der Waals surface area contributed by atoms with Crippen LogP contribution in [0.2, 0.25) is 0 Å². The van der Waals surface area contributed by atoms with Crippen LogP contribution in [-0.2, 0) is 21.1 Å². The second-order valence-electron chi connectivity index (χ2n) is 7.85. The van der Waals surface area contributed by atoms with Gasteiger partial charge in [0.1, 0.15) is 5.82 Å². The summed E-state index contributed by atoms with van der Waals surface area (Å²) in [5, 5.41) is 2.61. The SMILES string of the molecule is CCOC(=O)N[C@@H](C(=O)c1ccc(C)cc1)N(Cc1ccc(F)cc1)[C@@H]1CCS(=O)(=O)C1. The highest BCUT2D eigenvalue weighted by atomic mass is 32.2. The number of Topliss-reactive ketones (excluding diaryl/α,β-unsaturated/α-hetero) is 1. The number of carbonyl (C=O) groups is 2. The highest BCUT2D eigenvalue weighted by Gasteiger charge is 2.39. The van der Waals surface area contributed by atoms with E-state index in [0.717, 1.165) is 5.56 Å². The predicted molar refractivity (Wildman–Crippen MR) is 118 cm³/mol. The van der Waals surface area contributed by atoms with Crippen molar-refractivity contribution in [1.82, 2.24) is 10.2 Å². The quantitative estimate of drug-likeness (QED) is 0.479. The van der Waals surface area contributed by atoms with Gasteiger partial charge in [0.15, 0.2) is 21.8 Å². The summed E-state index contributed by atoms with van der Waals surface area (Å²) in [4.78, 5) is 27.4. The minimum Gasteiger partial charge on any atom is -0.450 e. The third kappa shape index (κ3) is 6.14. The Balaban J connectivity index is 1.99. The molecule has 2 atom stereocenters. The number of halogens is 1. The molecule has 1 amide bonds. The third-order valence-electron chi connectivity index (χ3n) is 5.40. The predicted octanol–water partition coefficient (Wildman–Crippen LogP) is 3.08. The van der Waals surface area contributed by atoms with E-state index in [1.807, 2.05) is 6.92 Å². The molecule has 2 aromatic carbocycles. The van der Waals surface area contributed by atoms with Gasteiger partial charge in [0.05, 0.1) is 18.1 Å². The van der Waals surface area contributed by atoms with Gasteiger partial charge in [0.2, 0.25) is 0 Å². The molecule has 1 saturated heterocycles. The van der Waals surface area contributed by atoms with E-state index in [1.54, 1.807) is 48.2 Å². The molecule has 0 aliphatic carbocycles. The van der Waals surface area contributed by atoms with E-state index in [2.05, 4.69) is 5.32 Å². The maximum absolute atomic E-state index is 13.5. The standard InChI is InChI=1S/C23H27FN2O5S/c1-3-31-23(28)25-22(21(27)18-8-4-16(2)5-9-18)26(20-12-13-32(29,30)15-20)14-17-6-10-19(24)11-7-17/h4-11,20,22H,3,12-15H2,1-2H3,(H,25,28)/t20-,22-/m1/s1. The van der Waals surface area contributed by atoms with Crippen LogP contribution in [0.3, 0.4) is 0 Å².